The summed E-state index contributed by atoms with van der Waals surface area (Å²) in [5.41, 5.74) is 0. The highest BCUT2D eigenvalue weighted by Gasteiger charge is 2.42. The van der Waals surface area contributed by atoms with Gasteiger partial charge < -0.3 is 13.3 Å². The Bertz CT molecular complexity index is 167. The van der Waals surface area contributed by atoms with Gasteiger partial charge in [-0.15, -0.1) is 0 Å². The molecule has 0 spiro atoms. The Balaban J connectivity index is 4.58. The van der Waals surface area contributed by atoms with Gasteiger partial charge in [0.15, 0.2) is 0 Å². The minimum atomic E-state index is -2.49. The molecule has 0 fully saturated rings. The van der Waals surface area contributed by atoms with Crippen LogP contribution in [-0.2, 0) is 13.3 Å². The van der Waals surface area contributed by atoms with Crippen LogP contribution in [0.25, 0.3) is 0 Å². The summed E-state index contributed by atoms with van der Waals surface area (Å²) < 4.78 is 17.7. The Labute approximate surface area is 107 Å². The zero-order chi connectivity index (χ0) is 12.6. The van der Waals surface area contributed by atoms with Gasteiger partial charge >= 0.3 is 8.80 Å². The van der Waals surface area contributed by atoms with Gasteiger partial charge in [-0.2, -0.15) is 12.6 Å². The lowest BCUT2D eigenvalue weighted by Crippen LogP contribution is -2.49. The van der Waals surface area contributed by atoms with Gasteiger partial charge in [0.1, 0.15) is 0 Å². The zero-order valence-electron chi connectivity index (χ0n) is 11.2. The molecular weight excluding hydrogens is 240 g/mol. The number of rotatable bonds is 9. The van der Waals surface area contributed by atoms with E-state index in [0.717, 1.165) is 18.2 Å². The largest absolute Gasteiger partial charge is 0.501 e. The van der Waals surface area contributed by atoms with Crippen LogP contribution in [0.4, 0.5) is 0 Å². The first kappa shape index (κ1) is 16.4. The first-order valence-corrected chi connectivity index (χ1v) is 8.62. The van der Waals surface area contributed by atoms with Crippen LogP contribution in [0, 0.1) is 0 Å². The van der Waals surface area contributed by atoms with E-state index in [1.54, 1.807) is 0 Å². The maximum atomic E-state index is 5.95. The molecule has 98 valence electrons. The second-order valence-electron chi connectivity index (χ2n) is 4.28. The minimum Gasteiger partial charge on any atom is -0.374 e. The summed E-state index contributed by atoms with van der Waals surface area (Å²) in [6.45, 7) is 10.7. The van der Waals surface area contributed by atoms with Crippen molar-refractivity contribution in [3.05, 3.63) is 0 Å². The average Bonchev–Trinajstić information content (AvgIpc) is 2.13. The van der Waals surface area contributed by atoms with Crippen molar-refractivity contribution in [2.45, 2.75) is 59.3 Å². The van der Waals surface area contributed by atoms with Crippen LogP contribution < -0.4 is 0 Å². The van der Waals surface area contributed by atoms with Crippen LogP contribution in [-0.4, -0.2) is 33.4 Å². The van der Waals surface area contributed by atoms with E-state index in [4.69, 9.17) is 13.3 Å². The molecule has 0 bridgehead atoms. The van der Waals surface area contributed by atoms with Crippen molar-refractivity contribution in [2.24, 2.45) is 0 Å². The molecular formula is C11H26O3SSi. The van der Waals surface area contributed by atoms with E-state index < -0.39 is 8.80 Å². The van der Waals surface area contributed by atoms with Gasteiger partial charge in [-0.3, -0.25) is 0 Å². The molecule has 0 amide bonds. The lowest BCUT2D eigenvalue weighted by Gasteiger charge is -2.32. The van der Waals surface area contributed by atoms with Crippen LogP contribution in [0.2, 0.25) is 6.04 Å². The third-order valence-electron chi connectivity index (χ3n) is 1.84. The highest BCUT2D eigenvalue weighted by Crippen LogP contribution is 2.22. The summed E-state index contributed by atoms with van der Waals surface area (Å²) in [6.07, 6.45) is 1.24. The van der Waals surface area contributed by atoms with Crippen LogP contribution in [0.5, 0.6) is 0 Å². The Morgan fingerprint density at radius 1 is 1.06 bits per heavy atom. The smallest absolute Gasteiger partial charge is 0.374 e. The van der Waals surface area contributed by atoms with E-state index in [1.165, 1.54) is 0 Å². The fourth-order valence-electron chi connectivity index (χ4n) is 1.52. The van der Waals surface area contributed by atoms with Crippen molar-refractivity contribution in [3.63, 3.8) is 0 Å². The molecule has 0 heterocycles. The summed E-state index contributed by atoms with van der Waals surface area (Å²) in [6, 6.07) is 0.848. The van der Waals surface area contributed by atoms with Gasteiger partial charge in [-0.05, 0) is 46.8 Å². The highest BCUT2D eigenvalue weighted by molar-refractivity contribution is 7.80. The molecule has 0 N–H and O–H groups in total. The van der Waals surface area contributed by atoms with E-state index in [2.05, 4.69) is 12.6 Å². The second kappa shape index (κ2) is 8.52. The minimum absolute atomic E-state index is 0.136. The molecule has 16 heavy (non-hydrogen) atoms. The molecule has 0 aliphatic heterocycles. The van der Waals surface area contributed by atoms with Crippen LogP contribution in [0.1, 0.15) is 41.0 Å². The summed E-state index contributed by atoms with van der Waals surface area (Å²) in [5.74, 6) is 0.838. The Hall–Kier alpha value is 0.447. The van der Waals surface area contributed by atoms with Gasteiger partial charge in [0, 0.05) is 24.9 Å². The Morgan fingerprint density at radius 3 is 1.88 bits per heavy atom. The molecule has 0 saturated heterocycles. The molecule has 0 saturated carbocycles. The molecule has 3 nitrogen and oxygen atoms in total. The third kappa shape index (κ3) is 6.91. The highest BCUT2D eigenvalue weighted by atomic mass is 32.1. The molecule has 0 unspecified atom stereocenters. The van der Waals surface area contributed by atoms with Crippen LogP contribution in [0.15, 0.2) is 0 Å². The van der Waals surface area contributed by atoms with Gasteiger partial charge in [0.05, 0.1) is 0 Å². The van der Waals surface area contributed by atoms with Gasteiger partial charge in [0.25, 0.3) is 0 Å². The lowest BCUT2D eigenvalue weighted by atomic mass is 10.5. The SMILES string of the molecule is CCO[Si](CCCS)(OC(C)C)OC(C)C. The number of thiol groups is 1. The molecule has 0 atom stereocenters. The summed E-state index contributed by atoms with van der Waals surface area (Å²) in [7, 11) is -2.49. The van der Waals surface area contributed by atoms with E-state index in [-0.39, 0.29) is 12.2 Å². The van der Waals surface area contributed by atoms with Crippen molar-refractivity contribution in [1.29, 1.82) is 0 Å². The summed E-state index contributed by atoms with van der Waals surface area (Å²) >= 11 is 4.24. The van der Waals surface area contributed by atoms with E-state index in [9.17, 15) is 0 Å². The molecule has 0 aromatic carbocycles. The predicted molar refractivity (Wildman–Crippen MR) is 73.1 cm³/mol. The first-order valence-electron chi connectivity index (χ1n) is 6.06. The molecule has 0 aromatic heterocycles. The van der Waals surface area contributed by atoms with Crippen molar-refractivity contribution in [2.75, 3.05) is 12.4 Å². The molecule has 0 rings (SSSR count). The molecule has 0 aliphatic rings. The van der Waals surface area contributed by atoms with Gasteiger partial charge in [-0.25, -0.2) is 0 Å². The second-order valence-corrected chi connectivity index (χ2v) is 7.35. The molecule has 5 heteroatoms. The number of hydrogen-bond donors (Lipinski definition) is 1. The lowest BCUT2D eigenvalue weighted by molar-refractivity contribution is 0.0221. The average molecular weight is 266 g/mol. The normalized spacial score (nSPS) is 12.8. The Morgan fingerprint density at radius 2 is 1.56 bits per heavy atom. The first-order chi connectivity index (χ1) is 7.45. The van der Waals surface area contributed by atoms with E-state index >= 15 is 0 Å². The number of hydrogen-bond acceptors (Lipinski definition) is 4. The van der Waals surface area contributed by atoms with Crippen molar-refractivity contribution < 1.29 is 13.3 Å². The molecule has 0 aromatic rings. The predicted octanol–water partition coefficient (Wildman–Crippen LogP) is 3.13. The van der Waals surface area contributed by atoms with Crippen molar-refractivity contribution >= 4 is 21.4 Å². The van der Waals surface area contributed by atoms with Crippen LogP contribution >= 0.6 is 12.6 Å². The van der Waals surface area contributed by atoms with Gasteiger partial charge in [-0.1, -0.05) is 0 Å². The fraction of sp³-hybridized carbons (Fsp3) is 1.00. The zero-order valence-corrected chi connectivity index (χ0v) is 13.0. The maximum absolute atomic E-state index is 5.95. The quantitative estimate of drug-likeness (QED) is 0.513. The summed E-state index contributed by atoms with van der Waals surface area (Å²) in [5, 5.41) is 0. The third-order valence-corrected chi connectivity index (χ3v) is 5.51. The van der Waals surface area contributed by atoms with Crippen molar-refractivity contribution in [3.8, 4) is 0 Å². The molecule has 0 radical (unpaired) electrons. The Kier molecular flexibility index (Phi) is 8.76. The van der Waals surface area contributed by atoms with Crippen molar-refractivity contribution in [1.82, 2.24) is 0 Å². The standard InChI is InChI=1S/C11H26O3SSi/c1-6-12-16(9-7-8-15,13-10(2)3)14-11(4)5/h10-11,15H,6-9H2,1-5H3. The van der Waals surface area contributed by atoms with E-state index in [1.807, 2.05) is 34.6 Å². The maximum Gasteiger partial charge on any atom is 0.501 e. The van der Waals surface area contributed by atoms with Gasteiger partial charge in [0.2, 0.25) is 0 Å². The topological polar surface area (TPSA) is 27.7 Å². The summed E-state index contributed by atoms with van der Waals surface area (Å²) in [4.78, 5) is 0. The van der Waals surface area contributed by atoms with Crippen LogP contribution in [0.3, 0.4) is 0 Å². The molecule has 0 aliphatic carbocycles. The fourth-order valence-corrected chi connectivity index (χ4v) is 5.03. The van der Waals surface area contributed by atoms with E-state index in [0.29, 0.717) is 6.61 Å². The monoisotopic (exact) mass is 266 g/mol.